The van der Waals surface area contributed by atoms with Crippen molar-refractivity contribution in [2.75, 3.05) is 25.0 Å². The Balaban J connectivity index is 1.30. The van der Waals surface area contributed by atoms with E-state index in [0.29, 0.717) is 12.5 Å². The number of rotatable bonds is 4. The number of anilines is 1. The molecule has 1 fully saturated rings. The molecule has 6 heteroatoms. The molecule has 27 heavy (non-hydrogen) atoms. The molecule has 0 bridgehead atoms. The zero-order chi connectivity index (χ0) is 18.4. The van der Waals surface area contributed by atoms with E-state index in [1.165, 1.54) is 11.1 Å². The van der Waals surface area contributed by atoms with Gasteiger partial charge < -0.3 is 14.5 Å². The topological polar surface area (TPSA) is 58.6 Å². The lowest BCUT2D eigenvalue weighted by molar-refractivity contribution is -0.133. The van der Waals surface area contributed by atoms with Gasteiger partial charge in [0.2, 0.25) is 5.91 Å². The maximum absolute atomic E-state index is 12.4. The van der Waals surface area contributed by atoms with Crippen molar-refractivity contribution in [2.24, 2.45) is 5.92 Å². The Kier molecular flexibility index (Phi) is 3.99. The summed E-state index contributed by atoms with van der Waals surface area (Å²) in [5.41, 5.74) is 3.44. The molecule has 2 aliphatic heterocycles. The van der Waals surface area contributed by atoms with Gasteiger partial charge in [0, 0.05) is 31.5 Å². The van der Waals surface area contributed by atoms with Crippen LogP contribution in [0.5, 0.6) is 5.75 Å². The fourth-order valence-corrected chi connectivity index (χ4v) is 4.19. The Hall–Kier alpha value is -2.63. The minimum absolute atomic E-state index is 0.134. The fourth-order valence-electron chi connectivity index (χ4n) is 4.19. The number of likely N-dealkylation sites (N-methyl/N-ethyl adjacent to an activating group) is 1. The molecule has 0 radical (unpaired) electrons. The largest absolute Gasteiger partial charge is 0.488 e. The van der Waals surface area contributed by atoms with Gasteiger partial charge >= 0.3 is 0 Å². The van der Waals surface area contributed by atoms with Gasteiger partial charge in [-0.25, -0.2) is 9.97 Å². The first-order chi connectivity index (χ1) is 13.2. The first kappa shape index (κ1) is 16.5. The number of benzene rings is 1. The van der Waals surface area contributed by atoms with Crippen molar-refractivity contribution in [3.8, 4) is 5.75 Å². The summed E-state index contributed by atoms with van der Waals surface area (Å²) in [6.45, 7) is 2.16. The molecule has 1 amide bonds. The van der Waals surface area contributed by atoms with Gasteiger partial charge in [-0.05, 0) is 30.9 Å². The van der Waals surface area contributed by atoms with Crippen molar-refractivity contribution in [3.05, 3.63) is 47.4 Å². The maximum atomic E-state index is 12.4. The highest BCUT2D eigenvalue weighted by atomic mass is 16.5. The normalized spacial score (nSPS) is 20.6. The number of carbonyl (C=O) groups excluding carboxylic acids is 1. The standard InChI is InChI=1S/C21H24N4O2/c1-24(11-16-10-15-4-2-3-5-19(15)27-16)20-17-8-9-25(21(26)14-6-7-14)12-18(17)22-13-23-20/h2-5,13-14,16H,6-12H2,1H3. The molecule has 2 aromatic rings. The number of hydrogen-bond acceptors (Lipinski definition) is 5. The van der Waals surface area contributed by atoms with Crippen LogP contribution in [0.3, 0.4) is 0 Å². The van der Waals surface area contributed by atoms with Gasteiger partial charge in [-0.3, -0.25) is 4.79 Å². The molecule has 0 N–H and O–H groups in total. The van der Waals surface area contributed by atoms with Crippen molar-refractivity contribution in [1.29, 1.82) is 0 Å². The molecule has 1 aromatic heterocycles. The molecule has 6 nitrogen and oxygen atoms in total. The molecule has 5 rings (SSSR count). The predicted molar refractivity (Wildman–Crippen MR) is 102 cm³/mol. The molecule has 1 aromatic carbocycles. The Morgan fingerprint density at radius 1 is 1.30 bits per heavy atom. The minimum atomic E-state index is 0.134. The zero-order valence-corrected chi connectivity index (χ0v) is 15.6. The molecule has 1 saturated carbocycles. The van der Waals surface area contributed by atoms with Gasteiger partial charge in [0.05, 0.1) is 18.8 Å². The smallest absolute Gasteiger partial charge is 0.226 e. The van der Waals surface area contributed by atoms with Crippen molar-refractivity contribution >= 4 is 11.7 Å². The van der Waals surface area contributed by atoms with E-state index >= 15 is 0 Å². The second kappa shape index (κ2) is 6.51. The summed E-state index contributed by atoms with van der Waals surface area (Å²) in [6.07, 6.45) is 5.60. The molecule has 0 spiro atoms. The van der Waals surface area contributed by atoms with Crippen LogP contribution in [0.4, 0.5) is 5.82 Å². The molecular formula is C21H24N4O2. The Bertz CT molecular complexity index is 855. The molecule has 1 unspecified atom stereocenters. The van der Waals surface area contributed by atoms with Crippen molar-refractivity contribution in [3.63, 3.8) is 0 Å². The van der Waals surface area contributed by atoms with E-state index in [9.17, 15) is 4.79 Å². The van der Waals surface area contributed by atoms with Gasteiger partial charge in [0.15, 0.2) is 0 Å². The number of carbonyl (C=O) groups is 1. The number of amides is 1. The van der Waals surface area contributed by atoms with Crippen molar-refractivity contribution in [1.82, 2.24) is 14.9 Å². The Labute approximate surface area is 159 Å². The second-order valence-corrected chi connectivity index (χ2v) is 7.84. The van der Waals surface area contributed by atoms with E-state index < -0.39 is 0 Å². The van der Waals surface area contributed by atoms with Crippen LogP contribution in [-0.4, -0.2) is 47.0 Å². The summed E-state index contributed by atoms with van der Waals surface area (Å²) in [4.78, 5) is 25.6. The molecule has 0 saturated heterocycles. The van der Waals surface area contributed by atoms with E-state index in [1.807, 2.05) is 17.0 Å². The number of fused-ring (bicyclic) bond motifs is 2. The van der Waals surface area contributed by atoms with Gasteiger partial charge in [-0.15, -0.1) is 0 Å². The van der Waals surface area contributed by atoms with Crippen molar-refractivity contribution < 1.29 is 9.53 Å². The zero-order valence-electron chi connectivity index (χ0n) is 15.6. The lowest BCUT2D eigenvalue weighted by Crippen LogP contribution is -2.39. The number of ether oxygens (including phenoxy) is 1. The molecule has 3 heterocycles. The molecule has 3 aliphatic rings. The van der Waals surface area contributed by atoms with Crippen LogP contribution >= 0.6 is 0 Å². The summed E-state index contributed by atoms with van der Waals surface area (Å²) < 4.78 is 6.09. The maximum Gasteiger partial charge on any atom is 0.226 e. The predicted octanol–water partition coefficient (Wildman–Crippen LogP) is 2.21. The highest BCUT2D eigenvalue weighted by Crippen LogP contribution is 2.34. The van der Waals surface area contributed by atoms with Crippen molar-refractivity contribution in [2.45, 2.75) is 38.3 Å². The number of hydrogen-bond donors (Lipinski definition) is 0. The third-order valence-corrected chi connectivity index (χ3v) is 5.78. The van der Waals surface area contributed by atoms with Crippen LogP contribution in [0.15, 0.2) is 30.6 Å². The molecular weight excluding hydrogens is 340 g/mol. The Morgan fingerprint density at radius 3 is 2.96 bits per heavy atom. The van der Waals surface area contributed by atoms with E-state index in [0.717, 1.165) is 56.0 Å². The number of para-hydroxylation sites is 1. The van der Waals surface area contributed by atoms with E-state index in [1.54, 1.807) is 6.33 Å². The summed E-state index contributed by atoms with van der Waals surface area (Å²) in [5.74, 6) is 2.52. The second-order valence-electron chi connectivity index (χ2n) is 7.84. The first-order valence-corrected chi connectivity index (χ1v) is 9.76. The first-order valence-electron chi connectivity index (χ1n) is 9.76. The van der Waals surface area contributed by atoms with Gasteiger partial charge in [0.25, 0.3) is 0 Å². The monoisotopic (exact) mass is 364 g/mol. The Morgan fingerprint density at radius 2 is 2.15 bits per heavy atom. The highest BCUT2D eigenvalue weighted by molar-refractivity contribution is 5.81. The van der Waals surface area contributed by atoms with Crippen LogP contribution < -0.4 is 9.64 Å². The van der Waals surface area contributed by atoms with Crippen LogP contribution in [0.25, 0.3) is 0 Å². The van der Waals surface area contributed by atoms with Crippen LogP contribution in [-0.2, 0) is 24.2 Å². The molecule has 1 aliphatic carbocycles. The van der Waals surface area contributed by atoms with Gasteiger partial charge in [-0.1, -0.05) is 18.2 Å². The average Bonchev–Trinajstić information content (AvgIpc) is 3.46. The van der Waals surface area contributed by atoms with E-state index in [4.69, 9.17) is 4.74 Å². The quantitative estimate of drug-likeness (QED) is 0.833. The minimum Gasteiger partial charge on any atom is -0.488 e. The fraction of sp³-hybridized carbons (Fsp3) is 0.476. The summed E-state index contributed by atoms with van der Waals surface area (Å²) in [6, 6.07) is 8.24. The molecule has 140 valence electrons. The van der Waals surface area contributed by atoms with Crippen LogP contribution in [0.1, 0.15) is 29.7 Å². The average molecular weight is 364 g/mol. The lowest BCUT2D eigenvalue weighted by atomic mass is 10.0. The van der Waals surface area contributed by atoms with Gasteiger partial charge in [0.1, 0.15) is 24.0 Å². The third-order valence-electron chi connectivity index (χ3n) is 5.78. The highest BCUT2D eigenvalue weighted by Gasteiger charge is 2.35. The van der Waals surface area contributed by atoms with E-state index in [-0.39, 0.29) is 12.0 Å². The lowest BCUT2D eigenvalue weighted by Gasteiger charge is -2.31. The SMILES string of the molecule is CN(CC1Cc2ccccc2O1)c1ncnc2c1CCN(C(=O)C1CC1)C2. The number of aromatic nitrogens is 2. The van der Waals surface area contributed by atoms with Gasteiger partial charge in [-0.2, -0.15) is 0 Å². The summed E-state index contributed by atoms with van der Waals surface area (Å²) in [7, 11) is 2.07. The van der Waals surface area contributed by atoms with Crippen LogP contribution in [0.2, 0.25) is 0 Å². The number of nitrogens with zero attached hydrogens (tertiary/aromatic N) is 4. The van der Waals surface area contributed by atoms with Crippen LogP contribution in [0, 0.1) is 5.92 Å². The summed E-state index contributed by atoms with van der Waals surface area (Å²) in [5, 5.41) is 0. The molecule has 1 atom stereocenters. The summed E-state index contributed by atoms with van der Waals surface area (Å²) >= 11 is 0. The van der Waals surface area contributed by atoms with E-state index in [2.05, 4.69) is 34.0 Å². The third kappa shape index (κ3) is 3.13.